The number of hydrogen-bond acceptors (Lipinski definition) is 6. The van der Waals surface area contributed by atoms with E-state index in [0.29, 0.717) is 35.8 Å². The number of rotatable bonds is 3. The van der Waals surface area contributed by atoms with Crippen LogP contribution < -0.4 is 0 Å². The second-order valence-corrected chi connectivity index (χ2v) is 8.34. The first-order valence-corrected chi connectivity index (χ1v) is 11.3. The van der Waals surface area contributed by atoms with Crippen molar-refractivity contribution in [1.29, 1.82) is 0 Å². The van der Waals surface area contributed by atoms with Crippen LogP contribution in [0.2, 0.25) is 0 Å². The van der Waals surface area contributed by atoms with Crippen LogP contribution in [0, 0.1) is 5.92 Å². The number of benzene rings is 1. The minimum absolute atomic E-state index is 0.0549. The molecular weight excluding hydrogens is 408 g/mol. The summed E-state index contributed by atoms with van der Waals surface area (Å²) in [4.78, 5) is 32.2. The highest BCUT2D eigenvalue weighted by atomic mass is 16.6. The standard InChI is InChI=1S/C25H32N2O5/c1-19-9-8-13-27(17-19)24(29)18-32-26-21-10-6-4-2-3-5-7-14-31-25(30)23-12-11-22(28)16-20(23)15-21/h3,5-6,10-12,16,19,28H,2,4,7-9,13-15,17-18H2,1H3/b5-3+,10-6+,26-21+. The molecule has 1 fully saturated rings. The van der Waals surface area contributed by atoms with E-state index in [0.717, 1.165) is 38.8 Å². The fourth-order valence-electron chi connectivity index (χ4n) is 3.86. The predicted octanol–water partition coefficient (Wildman–Crippen LogP) is 4.02. The molecular formula is C25H32N2O5. The normalized spacial score (nSPS) is 23.5. The van der Waals surface area contributed by atoms with Crippen LogP contribution in [-0.2, 0) is 20.8 Å². The maximum atomic E-state index is 12.5. The van der Waals surface area contributed by atoms with Crippen molar-refractivity contribution in [2.75, 3.05) is 26.3 Å². The monoisotopic (exact) mass is 440 g/mol. The van der Waals surface area contributed by atoms with Crippen LogP contribution in [0.25, 0.3) is 0 Å². The molecule has 0 aromatic heterocycles. The molecule has 1 N–H and O–H groups in total. The number of nitrogens with zero attached hydrogens (tertiary/aromatic N) is 2. The molecule has 32 heavy (non-hydrogen) atoms. The molecule has 2 aliphatic heterocycles. The predicted molar refractivity (Wildman–Crippen MR) is 123 cm³/mol. The molecule has 0 bridgehead atoms. The molecule has 1 amide bonds. The quantitative estimate of drug-likeness (QED) is 0.436. The van der Waals surface area contributed by atoms with Gasteiger partial charge in [0, 0.05) is 19.5 Å². The lowest BCUT2D eigenvalue weighted by Gasteiger charge is -2.30. The third-order valence-electron chi connectivity index (χ3n) is 5.55. The molecule has 7 nitrogen and oxygen atoms in total. The number of aromatic hydroxyl groups is 1. The number of oxime groups is 1. The summed E-state index contributed by atoms with van der Waals surface area (Å²) in [5.41, 5.74) is 1.53. The average molecular weight is 441 g/mol. The van der Waals surface area contributed by atoms with Gasteiger partial charge in [0.15, 0.2) is 6.61 Å². The highest BCUT2D eigenvalue weighted by Crippen LogP contribution is 2.20. The lowest BCUT2D eigenvalue weighted by molar-refractivity contribution is -0.137. The van der Waals surface area contributed by atoms with Crippen LogP contribution in [0.4, 0.5) is 0 Å². The number of amides is 1. The number of esters is 1. The molecule has 0 saturated carbocycles. The molecule has 1 aromatic carbocycles. The minimum Gasteiger partial charge on any atom is -0.508 e. The molecule has 1 atom stereocenters. The Hall–Kier alpha value is -3.09. The molecule has 2 aliphatic rings. The Labute approximate surface area is 189 Å². The smallest absolute Gasteiger partial charge is 0.338 e. The number of fused-ring (bicyclic) bond motifs is 1. The van der Waals surface area contributed by atoms with Crippen molar-refractivity contribution < 1.29 is 24.3 Å². The molecule has 3 rings (SSSR count). The van der Waals surface area contributed by atoms with Gasteiger partial charge in [-0.05, 0) is 67.9 Å². The van der Waals surface area contributed by atoms with Crippen molar-refractivity contribution >= 4 is 17.6 Å². The van der Waals surface area contributed by atoms with Crippen molar-refractivity contribution in [3.63, 3.8) is 0 Å². The topological polar surface area (TPSA) is 88.4 Å². The van der Waals surface area contributed by atoms with E-state index in [-0.39, 0.29) is 24.7 Å². The highest BCUT2D eigenvalue weighted by molar-refractivity contribution is 5.99. The summed E-state index contributed by atoms with van der Waals surface area (Å²) in [6.45, 7) is 3.83. The average Bonchev–Trinajstić information content (AvgIpc) is 2.77. The zero-order valence-corrected chi connectivity index (χ0v) is 18.7. The summed E-state index contributed by atoms with van der Waals surface area (Å²) in [7, 11) is 0. The Bertz CT molecular complexity index is 890. The molecule has 1 saturated heterocycles. The van der Waals surface area contributed by atoms with Gasteiger partial charge in [0.1, 0.15) is 5.75 Å². The van der Waals surface area contributed by atoms with Crippen LogP contribution in [0.3, 0.4) is 0 Å². The summed E-state index contributed by atoms with van der Waals surface area (Å²) in [6.07, 6.45) is 12.6. The fourth-order valence-corrected chi connectivity index (χ4v) is 3.86. The van der Waals surface area contributed by atoms with Crippen LogP contribution in [0.1, 0.15) is 54.9 Å². The van der Waals surface area contributed by atoms with Crippen molar-refractivity contribution in [3.05, 3.63) is 53.6 Å². The van der Waals surface area contributed by atoms with Crippen LogP contribution in [0.5, 0.6) is 5.75 Å². The van der Waals surface area contributed by atoms with Gasteiger partial charge in [0.2, 0.25) is 0 Å². The number of likely N-dealkylation sites (tertiary alicyclic amines) is 1. The van der Waals surface area contributed by atoms with E-state index in [1.54, 1.807) is 6.07 Å². The first-order chi connectivity index (χ1) is 15.5. The van der Waals surface area contributed by atoms with Crippen molar-refractivity contribution in [3.8, 4) is 5.75 Å². The summed E-state index contributed by atoms with van der Waals surface area (Å²) in [5.74, 6) is 0.0420. The Morgan fingerprint density at radius 1 is 1.25 bits per heavy atom. The number of cyclic esters (lactones) is 1. The van der Waals surface area contributed by atoms with Gasteiger partial charge in [-0.25, -0.2) is 4.79 Å². The van der Waals surface area contributed by atoms with Gasteiger partial charge in [0.25, 0.3) is 5.91 Å². The van der Waals surface area contributed by atoms with Crippen LogP contribution >= 0.6 is 0 Å². The van der Waals surface area contributed by atoms with E-state index in [9.17, 15) is 14.7 Å². The maximum Gasteiger partial charge on any atom is 0.338 e. The third kappa shape index (κ3) is 7.25. The van der Waals surface area contributed by atoms with Crippen LogP contribution in [-0.4, -0.2) is 53.9 Å². The number of allylic oxidation sites excluding steroid dienone is 3. The van der Waals surface area contributed by atoms with E-state index < -0.39 is 5.97 Å². The summed E-state index contributed by atoms with van der Waals surface area (Å²) in [5, 5.41) is 14.1. The number of carbonyl (C=O) groups is 2. The summed E-state index contributed by atoms with van der Waals surface area (Å²) >= 11 is 0. The second-order valence-electron chi connectivity index (χ2n) is 8.34. The van der Waals surface area contributed by atoms with E-state index in [2.05, 4.69) is 18.2 Å². The number of carbonyl (C=O) groups excluding carboxylic acids is 2. The summed E-state index contributed by atoms with van der Waals surface area (Å²) in [6, 6.07) is 4.55. The van der Waals surface area contributed by atoms with Crippen molar-refractivity contribution in [2.24, 2.45) is 11.1 Å². The number of piperidine rings is 1. The first kappa shape index (κ1) is 23.6. The summed E-state index contributed by atoms with van der Waals surface area (Å²) < 4.78 is 5.37. The maximum absolute atomic E-state index is 12.5. The van der Waals surface area contributed by atoms with Gasteiger partial charge in [-0.1, -0.05) is 30.3 Å². The molecule has 172 valence electrons. The number of hydrogen-bond donors (Lipinski definition) is 1. The lowest BCUT2D eigenvalue weighted by Crippen LogP contribution is -2.40. The Kier molecular flexibility index (Phi) is 8.90. The van der Waals surface area contributed by atoms with Gasteiger partial charge in [-0.2, -0.15) is 0 Å². The molecule has 0 spiro atoms. The fraction of sp³-hybridized carbons (Fsp3) is 0.480. The number of ether oxygens (including phenoxy) is 1. The third-order valence-corrected chi connectivity index (χ3v) is 5.55. The molecule has 2 heterocycles. The first-order valence-electron chi connectivity index (χ1n) is 11.3. The Balaban J connectivity index is 1.75. The second kappa shape index (κ2) is 12.1. The van der Waals surface area contributed by atoms with Gasteiger partial charge in [0.05, 0.1) is 17.9 Å². The van der Waals surface area contributed by atoms with E-state index in [4.69, 9.17) is 9.57 Å². The number of phenols is 1. The number of phenolic OH excluding ortho intramolecular Hbond substituents is 1. The molecule has 0 radical (unpaired) electrons. The van der Waals surface area contributed by atoms with Crippen molar-refractivity contribution in [1.82, 2.24) is 4.90 Å². The van der Waals surface area contributed by atoms with E-state index in [1.165, 1.54) is 12.1 Å². The van der Waals surface area contributed by atoms with Crippen LogP contribution in [0.15, 0.2) is 47.7 Å². The van der Waals surface area contributed by atoms with E-state index in [1.807, 2.05) is 23.1 Å². The van der Waals surface area contributed by atoms with Gasteiger partial charge >= 0.3 is 5.97 Å². The Morgan fingerprint density at radius 2 is 2.06 bits per heavy atom. The van der Waals surface area contributed by atoms with E-state index >= 15 is 0 Å². The molecule has 1 aromatic rings. The molecule has 1 unspecified atom stereocenters. The highest BCUT2D eigenvalue weighted by Gasteiger charge is 2.21. The minimum atomic E-state index is -0.441. The zero-order chi connectivity index (χ0) is 22.8. The zero-order valence-electron chi connectivity index (χ0n) is 18.7. The molecule has 7 heteroatoms. The lowest BCUT2D eigenvalue weighted by atomic mass is 10.0. The SMILES string of the molecule is CC1CCCN(C(=O)CO/N=C2\C=C\CC/C=C/CCOC(=O)c3ccc(O)cc3C2)C1. The largest absolute Gasteiger partial charge is 0.508 e. The van der Waals surface area contributed by atoms with Gasteiger partial charge < -0.3 is 19.6 Å². The van der Waals surface area contributed by atoms with Crippen molar-refractivity contribution in [2.45, 2.75) is 45.4 Å². The molecule has 0 aliphatic carbocycles. The Morgan fingerprint density at radius 3 is 2.91 bits per heavy atom. The van der Waals surface area contributed by atoms with Gasteiger partial charge in [-0.3, -0.25) is 4.79 Å². The van der Waals surface area contributed by atoms with Gasteiger partial charge in [-0.15, -0.1) is 0 Å².